The fourth-order valence-corrected chi connectivity index (χ4v) is 4.01. The molecule has 5 nitrogen and oxygen atoms in total. The van der Waals surface area contributed by atoms with Gasteiger partial charge in [-0.25, -0.2) is 0 Å². The van der Waals surface area contributed by atoms with Crippen molar-refractivity contribution >= 4 is 28.8 Å². The van der Waals surface area contributed by atoms with Crippen LogP contribution in [-0.4, -0.2) is 35.8 Å². The molecule has 0 aliphatic carbocycles. The highest BCUT2D eigenvalue weighted by Gasteiger charge is 2.22. The molecular formula is C25H29N3O2S. The lowest BCUT2D eigenvalue weighted by Gasteiger charge is -2.20. The van der Waals surface area contributed by atoms with Crippen LogP contribution in [-0.2, 0) is 17.8 Å². The maximum atomic E-state index is 13.1. The Labute approximate surface area is 188 Å². The number of amides is 2. The fourth-order valence-electron chi connectivity index (χ4n) is 3.38. The number of nitrogens with zero attached hydrogens (tertiary/aromatic N) is 1. The zero-order valence-electron chi connectivity index (χ0n) is 18.0. The van der Waals surface area contributed by atoms with Crippen molar-refractivity contribution in [3.63, 3.8) is 0 Å². The highest BCUT2D eigenvalue weighted by Crippen LogP contribution is 2.15. The summed E-state index contributed by atoms with van der Waals surface area (Å²) in [6.07, 6.45) is 0.420. The predicted molar refractivity (Wildman–Crippen MR) is 127 cm³/mol. The molecule has 1 heterocycles. The van der Waals surface area contributed by atoms with E-state index in [9.17, 15) is 9.59 Å². The van der Waals surface area contributed by atoms with Crippen LogP contribution in [0.5, 0.6) is 0 Å². The molecule has 0 aliphatic heterocycles. The third kappa shape index (κ3) is 6.77. The first kappa shape index (κ1) is 22.7. The summed E-state index contributed by atoms with van der Waals surface area (Å²) in [5, 5.41) is 7.75. The molecule has 162 valence electrons. The highest BCUT2D eigenvalue weighted by molar-refractivity contribution is 7.12. The lowest BCUT2D eigenvalue weighted by Crippen LogP contribution is -2.45. The van der Waals surface area contributed by atoms with Crippen LogP contribution in [0.25, 0.3) is 0 Å². The summed E-state index contributed by atoms with van der Waals surface area (Å²) in [4.78, 5) is 28.7. The van der Waals surface area contributed by atoms with Gasteiger partial charge >= 0.3 is 0 Å². The lowest BCUT2D eigenvalue weighted by molar-refractivity contribution is -0.118. The number of rotatable bonds is 10. The Hall–Kier alpha value is -2.96. The average Bonchev–Trinajstić information content (AvgIpc) is 3.33. The quantitative estimate of drug-likeness (QED) is 0.490. The van der Waals surface area contributed by atoms with Gasteiger partial charge in [-0.15, -0.1) is 11.3 Å². The van der Waals surface area contributed by atoms with Crippen LogP contribution >= 0.6 is 11.3 Å². The predicted octanol–water partition coefficient (Wildman–Crippen LogP) is 4.57. The summed E-state index contributed by atoms with van der Waals surface area (Å²) in [7, 11) is 0. The van der Waals surface area contributed by atoms with E-state index in [0.29, 0.717) is 11.3 Å². The highest BCUT2D eigenvalue weighted by atomic mass is 32.1. The maximum Gasteiger partial charge on any atom is 0.262 e. The Morgan fingerprint density at radius 2 is 1.68 bits per heavy atom. The summed E-state index contributed by atoms with van der Waals surface area (Å²) < 4.78 is 0. The zero-order chi connectivity index (χ0) is 22.1. The van der Waals surface area contributed by atoms with Gasteiger partial charge in [0.2, 0.25) is 5.91 Å². The van der Waals surface area contributed by atoms with Crippen molar-refractivity contribution in [2.45, 2.75) is 32.9 Å². The largest absolute Gasteiger partial charge is 0.339 e. The molecule has 1 aromatic heterocycles. The van der Waals surface area contributed by atoms with Gasteiger partial charge in [0.1, 0.15) is 6.04 Å². The second kappa shape index (κ2) is 11.4. The molecule has 0 spiro atoms. The Balaban J connectivity index is 1.74. The van der Waals surface area contributed by atoms with Crippen molar-refractivity contribution < 1.29 is 9.59 Å². The van der Waals surface area contributed by atoms with E-state index in [-0.39, 0.29) is 11.8 Å². The first-order chi connectivity index (χ1) is 15.1. The van der Waals surface area contributed by atoms with Crippen LogP contribution < -0.4 is 10.6 Å². The second-order valence-corrected chi connectivity index (χ2v) is 8.29. The number of hydrogen-bond donors (Lipinski definition) is 2. The minimum Gasteiger partial charge on any atom is -0.339 e. The van der Waals surface area contributed by atoms with Crippen molar-refractivity contribution in [3.8, 4) is 0 Å². The van der Waals surface area contributed by atoms with Crippen molar-refractivity contribution in [1.29, 1.82) is 0 Å². The minimum atomic E-state index is -0.677. The molecule has 0 aliphatic rings. The van der Waals surface area contributed by atoms with Gasteiger partial charge in [-0.05, 0) is 47.8 Å². The van der Waals surface area contributed by atoms with Crippen LogP contribution in [0.15, 0.2) is 72.1 Å². The first-order valence-corrected chi connectivity index (χ1v) is 11.5. The molecule has 2 aromatic carbocycles. The number of hydrogen-bond acceptors (Lipinski definition) is 4. The molecule has 2 amide bonds. The van der Waals surface area contributed by atoms with E-state index < -0.39 is 6.04 Å². The Kier molecular flexibility index (Phi) is 8.38. The molecule has 3 rings (SSSR count). The van der Waals surface area contributed by atoms with Crippen molar-refractivity contribution in [1.82, 2.24) is 10.2 Å². The first-order valence-electron chi connectivity index (χ1n) is 10.6. The third-order valence-corrected chi connectivity index (χ3v) is 6.01. The maximum absolute atomic E-state index is 13.1. The number of carbonyl (C=O) groups excluding carboxylic acids is 2. The molecule has 0 bridgehead atoms. The molecule has 2 N–H and O–H groups in total. The summed E-state index contributed by atoms with van der Waals surface area (Å²) >= 11 is 1.36. The van der Waals surface area contributed by atoms with Gasteiger partial charge in [0.05, 0.1) is 4.88 Å². The monoisotopic (exact) mass is 435 g/mol. The van der Waals surface area contributed by atoms with E-state index in [2.05, 4.69) is 35.4 Å². The van der Waals surface area contributed by atoms with E-state index in [1.54, 1.807) is 6.07 Å². The molecule has 3 aromatic rings. The molecule has 1 unspecified atom stereocenters. The van der Waals surface area contributed by atoms with Gasteiger partial charge in [0.15, 0.2) is 0 Å². The van der Waals surface area contributed by atoms with Gasteiger partial charge < -0.3 is 10.6 Å². The molecule has 31 heavy (non-hydrogen) atoms. The standard InChI is InChI=1S/C25H29N3O2S/c1-3-28(4-2)18-20-12-8-13-21(16-20)26-24(29)22(17-19-10-6-5-7-11-19)27-25(30)23-14-9-15-31-23/h5-16,22H,3-4,17-18H2,1-2H3,(H,26,29)(H,27,30). The lowest BCUT2D eigenvalue weighted by atomic mass is 10.0. The average molecular weight is 436 g/mol. The van der Waals surface area contributed by atoms with Gasteiger partial charge in [-0.3, -0.25) is 14.5 Å². The summed E-state index contributed by atoms with van der Waals surface area (Å²) in [5.41, 5.74) is 2.87. The van der Waals surface area contributed by atoms with Crippen LogP contribution in [0.2, 0.25) is 0 Å². The van der Waals surface area contributed by atoms with Crippen molar-refractivity contribution in [2.75, 3.05) is 18.4 Å². The van der Waals surface area contributed by atoms with Crippen LogP contribution in [0, 0.1) is 0 Å². The van der Waals surface area contributed by atoms with E-state index in [1.807, 2.05) is 60.0 Å². The Morgan fingerprint density at radius 1 is 0.935 bits per heavy atom. The minimum absolute atomic E-state index is 0.228. The fraction of sp³-hybridized carbons (Fsp3) is 0.280. The topological polar surface area (TPSA) is 61.4 Å². The van der Waals surface area contributed by atoms with E-state index in [1.165, 1.54) is 11.3 Å². The van der Waals surface area contributed by atoms with E-state index >= 15 is 0 Å². The van der Waals surface area contributed by atoms with Crippen LogP contribution in [0.4, 0.5) is 5.69 Å². The third-order valence-electron chi connectivity index (χ3n) is 5.14. The molecule has 0 saturated carbocycles. The van der Waals surface area contributed by atoms with Crippen molar-refractivity contribution in [2.24, 2.45) is 0 Å². The number of benzene rings is 2. The van der Waals surface area contributed by atoms with Gasteiger partial charge in [-0.2, -0.15) is 0 Å². The molecular weight excluding hydrogens is 406 g/mol. The number of thiophene rings is 1. The molecule has 1 atom stereocenters. The van der Waals surface area contributed by atoms with Crippen molar-refractivity contribution in [3.05, 3.63) is 88.1 Å². The van der Waals surface area contributed by atoms with Crippen LogP contribution in [0.3, 0.4) is 0 Å². The molecule has 6 heteroatoms. The van der Waals surface area contributed by atoms with Gasteiger partial charge in [0.25, 0.3) is 5.91 Å². The van der Waals surface area contributed by atoms with E-state index in [0.717, 1.165) is 36.4 Å². The summed E-state index contributed by atoms with van der Waals surface area (Å²) in [6.45, 7) is 7.06. The molecule has 0 saturated heterocycles. The van der Waals surface area contributed by atoms with Crippen LogP contribution in [0.1, 0.15) is 34.6 Å². The summed E-state index contributed by atoms with van der Waals surface area (Å²) in [6, 6.07) is 20.5. The number of nitrogens with one attached hydrogen (secondary N) is 2. The molecule has 0 fully saturated rings. The Bertz CT molecular complexity index is 969. The second-order valence-electron chi connectivity index (χ2n) is 7.34. The summed E-state index contributed by atoms with van der Waals surface area (Å²) in [5.74, 6) is -0.463. The van der Waals surface area contributed by atoms with Gasteiger partial charge in [-0.1, -0.05) is 62.4 Å². The zero-order valence-corrected chi connectivity index (χ0v) is 18.8. The van der Waals surface area contributed by atoms with Gasteiger partial charge in [0, 0.05) is 18.7 Å². The normalized spacial score (nSPS) is 11.8. The number of carbonyl (C=O) groups is 2. The smallest absolute Gasteiger partial charge is 0.262 e. The number of anilines is 1. The molecule has 0 radical (unpaired) electrons. The SMILES string of the molecule is CCN(CC)Cc1cccc(NC(=O)C(Cc2ccccc2)NC(=O)c2cccs2)c1. The Morgan fingerprint density at radius 3 is 2.35 bits per heavy atom. The van der Waals surface area contributed by atoms with E-state index in [4.69, 9.17) is 0 Å².